The first-order valence-electron chi connectivity index (χ1n) is 9.73. The Bertz CT molecular complexity index is 1210. The predicted octanol–water partition coefficient (Wildman–Crippen LogP) is 0.667. The normalized spacial score (nSPS) is 14.6. The van der Waals surface area contributed by atoms with Gasteiger partial charge in [-0.3, -0.25) is 4.68 Å². The molecule has 1 aliphatic heterocycles. The van der Waals surface area contributed by atoms with Crippen LogP contribution < -0.4 is 24.2 Å². The highest BCUT2D eigenvalue weighted by atomic mass is 32.2. The molecule has 0 aliphatic carbocycles. The molecule has 11 nitrogen and oxygen atoms in total. The predicted molar refractivity (Wildman–Crippen MR) is 116 cm³/mol. The van der Waals surface area contributed by atoms with Gasteiger partial charge in [-0.05, 0) is 24.5 Å². The molecule has 2 aromatic heterocycles. The number of hydrogen-bond donors (Lipinski definition) is 2. The first-order chi connectivity index (χ1) is 14.8. The number of fused-ring (bicyclic) bond motifs is 1. The Balaban J connectivity index is 1.66. The molecule has 3 aromatic rings. The van der Waals surface area contributed by atoms with Crippen LogP contribution in [-0.4, -0.2) is 62.0 Å². The summed E-state index contributed by atoms with van der Waals surface area (Å²) in [6.07, 6.45) is 2.54. The molecular weight excluding hydrogens is 422 g/mol. The van der Waals surface area contributed by atoms with Crippen molar-refractivity contribution >= 4 is 26.9 Å². The third-order valence-electron chi connectivity index (χ3n) is 5.24. The summed E-state index contributed by atoms with van der Waals surface area (Å²) < 4.78 is 37.0. The zero-order chi connectivity index (χ0) is 22.2. The summed E-state index contributed by atoms with van der Waals surface area (Å²) >= 11 is 0. The van der Waals surface area contributed by atoms with E-state index in [-0.39, 0.29) is 0 Å². The van der Waals surface area contributed by atoms with Gasteiger partial charge in [0.2, 0.25) is 0 Å². The van der Waals surface area contributed by atoms with Gasteiger partial charge in [-0.25, -0.2) is 19.8 Å². The molecule has 3 N–H and O–H groups in total. The number of nitrogens with zero attached hydrogens (tertiary/aromatic N) is 5. The molecule has 0 spiro atoms. The number of ether oxygens (including phenoxy) is 2. The number of aromatic nitrogens is 4. The molecule has 0 unspecified atom stereocenters. The van der Waals surface area contributed by atoms with Crippen molar-refractivity contribution in [2.24, 2.45) is 18.1 Å². The molecule has 0 bridgehead atoms. The van der Waals surface area contributed by atoms with Crippen molar-refractivity contribution in [2.75, 3.05) is 38.8 Å². The second kappa shape index (κ2) is 8.29. The molecule has 4 rings (SSSR count). The number of nitrogens with two attached hydrogens (primary N) is 1. The molecule has 1 saturated heterocycles. The van der Waals surface area contributed by atoms with Crippen molar-refractivity contribution in [3.05, 3.63) is 24.4 Å². The molecule has 12 heteroatoms. The number of hydrogen-bond acceptors (Lipinski definition) is 8. The first-order valence-corrected chi connectivity index (χ1v) is 11.3. The fourth-order valence-corrected chi connectivity index (χ4v) is 4.06. The number of anilines is 1. The molecule has 0 amide bonds. The molecule has 3 heterocycles. The van der Waals surface area contributed by atoms with Crippen molar-refractivity contribution in [2.45, 2.75) is 6.42 Å². The number of methoxy groups -OCH3 is 2. The Kier molecular flexibility index (Phi) is 5.69. The van der Waals surface area contributed by atoms with Crippen molar-refractivity contribution < 1.29 is 17.9 Å². The largest absolute Gasteiger partial charge is 0.493 e. The van der Waals surface area contributed by atoms with Crippen molar-refractivity contribution in [3.8, 4) is 23.0 Å². The van der Waals surface area contributed by atoms with Crippen LogP contribution in [-0.2, 0) is 17.3 Å². The van der Waals surface area contributed by atoms with Crippen LogP contribution in [0.1, 0.15) is 6.42 Å². The van der Waals surface area contributed by atoms with E-state index in [1.54, 1.807) is 18.9 Å². The van der Waals surface area contributed by atoms with Gasteiger partial charge in [0.25, 0.3) is 10.2 Å². The van der Waals surface area contributed by atoms with E-state index in [9.17, 15) is 8.42 Å². The van der Waals surface area contributed by atoms with Gasteiger partial charge in [-0.2, -0.15) is 13.5 Å². The van der Waals surface area contributed by atoms with E-state index in [2.05, 4.69) is 14.7 Å². The average molecular weight is 448 g/mol. The molecule has 1 fully saturated rings. The first kappa shape index (κ1) is 21.3. The minimum absolute atomic E-state index is 0.312. The van der Waals surface area contributed by atoms with Crippen LogP contribution in [0.15, 0.2) is 24.4 Å². The monoisotopic (exact) mass is 447 g/mol. The minimum Gasteiger partial charge on any atom is -0.493 e. The van der Waals surface area contributed by atoms with Gasteiger partial charge in [0.1, 0.15) is 11.5 Å². The summed E-state index contributed by atoms with van der Waals surface area (Å²) in [5, 5.41) is 10.3. The third-order valence-corrected chi connectivity index (χ3v) is 5.84. The summed E-state index contributed by atoms with van der Waals surface area (Å²) in [5.74, 6) is 2.82. The van der Waals surface area contributed by atoms with Crippen LogP contribution >= 0.6 is 0 Å². The van der Waals surface area contributed by atoms with Crippen molar-refractivity contribution in [3.63, 3.8) is 0 Å². The smallest absolute Gasteiger partial charge is 0.274 e. The van der Waals surface area contributed by atoms with Crippen LogP contribution in [0.4, 0.5) is 5.82 Å². The summed E-state index contributed by atoms with van der Waals surface area (Å²) in [4.78, 5) is 11.6. The summed E-state index contributed by atoms with van der Waals surface area (Å²) in [6, 6.07) is 5.57. The summed E-state index contributed by atoms with van der Waals surface area (Å²) in [6.45, 7) is 1.80. The lowest BCUT2D eigenvalue weighted by Gasteiger charge is -2.40. The van der Waals surface area contributed by atoms with Crippen LogP contribution in [0.3, 0.4) is 0 Å². The van der Waals surface area contributed by atoms with E-state index in [0.29, 0.717) is 41.9 Å². The summed E-state index contributed by atoms with van der Waals surface area (Å²) in [7, 11) is 1.35. The highest BCUT2D eigenvalue weighted by molar-refractivity contribution is 7.87. The van der Waals surface area contributed by atoms with Gasteiger partial charge in [0.05, 0.1) is 19.7 Å². The molecule has 31 heavy (non-hydrogen) atoms. The Morgan fingerprint density at radius 2 is 1.90 bits per heavy atom. The van der Waals surface area contributed by atoms with Crippen molar-refractivity contribution in [1.82, 2.24) is 24.5 Å². The van der Waals surface area contributed by atoms with Crippen LogP contribution in [0.2, 0.25) is 0 Å². The zero-order valence-corrected chi connectivity index (χ0v) is 18.4. The average Bonchev–Trinajstić information content (AvgIpc) is 3.13. The van der Waals surface area contributed by atoms with Gasteiger partial charge < -0.3 is 14.4 Å². The second-order valence-corrected chi connectivity index (χ2v) is 8.85. The molecule has 166 valence electrons. The SMILES string of the molecule is COc1cc2nc(-c3ccn(C)n3)nc(N3CC(CCNS(N)(=O)=O)C3)c2cc1OC. The van der Waals surface area contributed by atoms with E-state index in [1.807, 2.05) is 31.4 Å². The molecule has 0 saturated carbocycles. The molecular formula is C19H25N7O4S. The Labute approximate surface area is 180 Å². The highest BCUT2D eigenvalue weighted by Crippen LogP contribution is 2.38. The van der Waals surface area contributed by atoms with E-state index in [0.717, 1.165) is 29.8 Å². The van der Waals surface area contributed by atoms with E-state index >= 15 is 0 Å². The molecule has 1 aromatic carbocycles. The van der Waals surface area contributed by atoms with Gasteiger partial charge in [0.15, 0.2) is 17.3 Å². The topological polar surface area (TPSA) is 137 Å². The lowest BCUT2D eigenvalue weighted by molar-refractivity contribution is 0.355. The lowest BCUT2D eigenvalue weighted by atomic mass is 9.96. The van der Waals surface area contributed by atoms with Crippen molar-refractivity contribution in [1.29, 1.82) is 0 Å². The van der Waals surface area contributed by atoms with E-state index in [4.69, 9.17) is 24.6 Å². The van der Waals surface area contributed by atoms with Gasteiger partial charge >= 0.3 is 0 Å². The second-order valence-electron chi connectivity index (χ2n) is 7.47. The van der Waals surface area contributed by atoms with Crippen LogP contribution in [0.25, 0.3) is 22.4 Å². The quantitative estimate of drug-likeness (QED) is 0.514. The van der Waals surface area contributed by atoms with Gasteiger partial charge in [-0.15, -0.1) is 0 Å². The maximum atomic E-state index is 11.0. The fraction of sp³-hybridized carbons (Fsp3) is 0.421. The fourth-order valence-electron chi connectivity index (χ4n) is 3.66. The molecule has 0 radical (unpaired) electrons. The number of benzene rings is 1. The Morgan fingerprint density at radius 1 is 1.19 bits per heavy atom. The number of nitrogens with one attached hydrogen (secondary N) is 1. The number of aryl methyl sites for hydroxylation is 1. The zero-order valence-electron chi connectivity index (χ0n) is 17.6. The standard InChI is InChI=1S/C19H25N7O4S/c1-25-7-5-14(24-25)18-22-15-9-17(30-3)16(29-2)8-13(15)19(23-18)26-10-12(11-26)4-6-21-31(20,27)28/h5,7-9,12,21H,4,6,10-11H2,1-3H3,(H2,20,27,28). The Hall–Kier alpha value is -2.96. The van der Waals surface area contributed by atoms with Crippen LogP contribution in [0.5, 0.6) is 11.5 Å². The van der Waals surface area contributed by atoms with Gasteiger partial charge in [0, 0.05) is 44.3 Å². The molecule has 1 aliphatic rings. The lowest BCUT2D eigenvalue weighted by Crippen LogP contribution is -2.48. The van der Waals surface area contributed by atoms with Gasteiger partial charge in [-0.1, -0.05) is 0 Å². The maximum Gasteiger partial charge on any atom is 0.274 e. The highest BCUT2D eigenvalue weighted by Gasteiger charge is 2.30. The Morgan fingerprint density at radius 3 is 2.52 bits per heavy atom. The van der Waals surface area contributed by atoms with E-state index in [1.165, 1.54) is 0 Å². The third kappa shape index (κ3) is 4.55. The summed E-state index contributed by atoms with van der Waals surface area (Å²) in [5.41, 5.74) is 1.40. The van der Waals surface area contributed by atoms with E-state index < -0.39 is 10.2 Å². The minimum atomic E-state index is -3.67. The molecule has 0 atom stereocenters. The number of rotatable bonds is 8. The maximum absolute atomic E-state index is 11.0. The van der Waals surface area contributed by atoms with Crippen LogP contribution in [0, 0.1) is 5.92 Å².